The van der Waals surface area contributed by atoms with Crippen LogP contribution in [0.1, 0.15) is 19.4 Å². The van der Waals surface area contributed by atoms with Crippen LogP contribution in [-0.4, -0.2) is 43.3 Å². The summed E-state index contributed by atoms with van der Waals surface area (Å²) in [5.41, 5.74) is 6.29. The predicted molar refractivity (Wildman–Crippen MR) is 76.2 cm³/mol. The van der Waals surface area contributed by atoms with Crippen molar-refractivity contribution < 1.29 is 13.9 Å². The quantitative estimate of drug-likeness (QED) is 0.894. The summed E-state index contributed by atoms with van der Waals surface area (Å²) in [5, 5.41) is 0. The lowest BCUT2D eigenvalue weighted by atomic mass is 10.2. The molecular weight excluding hydrogens is 259 g/mol. The minimum Gasteiger partial charge on any atom is -0.490 e. The van der Waals surface area contributed by atoms with Crippen LogP contribution in [0.25, 0.3) is 0 Å². The van der Waals surface area contributed by atoms with Crippen LogP contribution in [0.5, 0.6) is 5.75 Å². The monoisotopic (exact) mass is 282 g/mol. The van der Waals surface area contributed by atoms with Crippen molar-refractivity contribution in [3.05, 3.63) is 29.6 Å². The zero-order valence-electron chi connectivity index (χ0n) is 12.1. The van der Waals surface area contributed by atoms with Crippen molar-refractivity contribution in [3.63, 3.8) is 0 Å². The summed E-state index contributed by atoms with van der Waals surface area (Å²) in [5.74, 6) is 0.344. The zero-order valence-corrected chi connectivity index (χ0v) is 12.1. The Morgan fingerprint density at radius 1 is 1.50 bits per heavy atom. The molecule has 1 aliphatic heterocycles. The molecule has 1 atom stereocenters. The number of nitrogens with two attached hydrogens (primary N) is 1. The van der Waals surface area contributed by atoms with Gasteiger partial charge in [-0.2, -0.15) is 0 Å². The van der Waals surface area contributed by atoms with E-state index in [1.807, 2.05) is 0 Å². The molecule has 2 N–H and O–H groups in total. The van der Waals surface area contributed by atoms with Gasteiger partial charge in [-0.05, 0) is 32.0 Å². The molecule has 0 aromatic heterocycles. The second-order valence-electron chi connectivity index (χ2n) is 5.35. The van der Waals surface area contributed by atoms with Crippen LogP contribution in [0, 0.1) is 5.82 Å². The van der Waals surface area contributed by atoms with Crippen LogP contribution < -0.4 is 10.5 Å². The lowest BCUT2D eigenvalue weighted by molar-refractivity contribution is -0.0565. The molecule has 1 saturated heterocycles. The highest BCUT2D eigenvalue weighted by atomic mass is 19.1. The van der Waals surface area contributed by atoms with Crippen molar-refractivity contribution >= 4 is 0 Å². The van der Waals surface area contributed by atoms with Gasteiger partial charge in [-0.1, -0.05) is 0 Å². The molecule has 1 heterocycles. The molecular formula is C15H23FN2O2. The number of halogens is 1. The van der Waals surface area contributed by atoms with Gasteiger partial charge in [0.25, 0.3) is 0 Å². The minimum atomic E-state index is -0.294. The summed E-state index contributed by atoms with van der Waals surface area (Å²) < 4.78 is 24.6. The summed E-state index contributed by atoms with van der Waals surface area (Å²) >= 11 is 0. The molecule has 1 aromatic rings. The highest BCUT2D eigenvalue weighted by Crippen LogP contribution is 2.20. The summed E-state index contributed by atoms with van der Waals surface area (Å²) in [7, 11) is 0. The predicted octanol–water partition coefficient (Wildman–Crippen LogP) is 1.77. The van der Waals surface area contributed by atoms with Gasteiger partial charge in [0.2, 0.25) is 0 Å². The first kappa shape index (κ1) is 15.2. The third kappa shape index (κ3) is 3.91. The molecule has 0 aliphatic carbocycles. The Morgan fingerprint density at radius 3 is 3.00 bits per heavy atom. The Bertz CT molecular complexity index is 440. The van der Waals surface area contributed by atoms with Crippen LogP contribution in [-0.2, 0) is 11.3 Å². The van der Waals surface area contributed by atoms with Crippen LogP contribution in [0.4, 0.5) is 4.39 Å². The van der Waals surface area contributed by atoms with Crippen LogP contribution in [0.15, 0.2) is 18.2 Å². The molecule has 4 nitrogen and oxygen atoms in total. The second-order valence-corrected chi connectivity index (χ2v) is 5.35. The van der Waals surface area contributed by atoms with Gasteiger partial charge in [-0.25, -0.2) is 4.39 Å². The average molecular weight is 282 g/mol. The molecule has 1 aromatic carbocycles. The first-order valence-electron chi connectivity index (χ1n) is 7.07. The highest BCUT2D eigenvalue weighted by Gasteiger charge is 2.22. The number of nitrogens with zero attached hydrogens (tertiary/aromatic N) is 1. The molecule has 20 heavy (non-hydrogen) atoms. The van der Waals surface area contributed by atoms with E-state index in [-0.39, 0.29) is 18.5 Å². The number of rotatable bonds is 5. The number of benzene rings is 1. The van der Waals surface area contributed by atoms with E-state index in [9.17, 15) is 4.39 Å². The molecule has 1 aliphatic rings. The van der Waals surface area contributed by atoms with Gasteiger partial charge in [0.15, 0.2) is 0 Å². The van der Waals surface area contributed by atoms with E-state index in [2.05, 4.69) is 18.7 Å². The lowest BCUT2D eigenvalue weighted by Gasteiger charge is -2.35. The van der Waals surface area contributed by atoms with E-state index in [0.717, 1.165) is 19.7 Å². The van der Waals surface area contributed by atoms with Crippen molar-refractivity contribution in [3.8, 4) is 5.75 Å². The molecule has 0 bridgehead atoms. The Labute approximate surface area is 119 Å². The first-order chi connectivity index (χ1) is 9.60. The lowest BCUT2D eigenvalue weighted by Crippen LogP contribution is -2.47. The summed E-state index contributed by atoms with van der Waals surface area (Å²) in [4.78, 5) is 2.37. The molecule has 0 spiro atoms. The number of ether oxygens (including phenoxy) is 2. The van der Waals surface area contributed by atoms with Gasteiger partial charge in [0.1, 0.15) is 24.3 Å². The van der Waals surface area contributed by atoms with Crippen molar-refractivity contribution in [1.29, 1.82) is 0 Å². The summed E-state index contributed by atoms with van der Waals surface area (Å²) in [6.07, 6.45) is 0.0434. The van der Waals surface area contributed by atoms with Gasteiger partial charge in [-0.3, -0.25) is 4.90 Å². The molecule has 1 fully saturated rings. The summed E-state index contributed by atoms with van der Waals surface area (Å²) in [6.45, 7) is 7.61. The van der Waals surface area contributed by atoms with E-state index in [4.69, 9.17) is 15.2 Å². The van der Waals surface area contributed by atoms with Crippen LogP contribution in [0.2, 0.25) is 0 Å². The van der Waals surface area contributed by atoms with Crippen molar-refractivity contribution in [2.75, 3.05) is 26.3 Å². The Morgan fingerprint density at radius 2 is 2.30 bits per heavy atom. The first-order valence-corrected chi connectivity index (χ1v) is 7.07. The Hall–Kier alpha value is -1.17. The average Bonchev–Trinajstić information content (AvgIpc) is 2.46. The van der Waals surface area contributed by atoms with Crippen LogP contribution >= 0.6 is 0 Å². The third-order valence-electron chi connectivity index (χ3n) is 3.57. The minimum absolute atomic E-state index is 0.0434. The van der Waals surface area contributed by atoms with Crippen molar-refractivity contribution in [1.82, 2.24) is 4.90 Å². The molecule has 5 heteroatoms. The van der Waals surface area contributed by atoms with E-state index >= 15 is 0 Å². The Kier molecular flexibility index (Phi) is 5.34. The topological polar surface area (TPSA) is 47.7 Å². The number of hydrogen-bond acceptors (Lipinski definition) is 4. The zero-order chi connectivity index (χ0) is 14.5. The highest BCUT2D eigenvalue weighted by molar-refractivity contribution is 5.33. The maximum absolute atomic E-state index is 13.1. The second kappa shape index (κ2) is 7.02. The standard InChI is InChI=1S/C15H23FN2O2/c1-11(2)18-5-6-19-14(9-18)10-20-15-4-3-13(16)7-12(15)8-17/h3-4,7,11,14H,5-6,8-10,17H2,1-2H3. The molecule has 112 valence electrons. The van der Waals surface area contributed by atoms with E-state index in [1.165, 1.54) is 12.1 Å². The van der Waals surface area contributed by atoms with Gasteiger partial charge in [0.05, 0.1) is 6.61 Å². The molecule has 1 unspecified atom stereocenters. The SMILES string of the molecule is CC(C)N1CCOC(COc2ccc(F)cc2CN)C1. The Balaban J connectivity index is 1.91. The molecule has 0 saturated carbocycles. The van der Waals surface area contributed by atoms with Gasteiger partial charge < -0.3 is 15.2 Å². The fraction of sp³-hybridized carbons (Fsp3) is 0.600. The van der Waals surface area contributed by atoms with Gasteiger partial charge >= 0.3 is 0 Å². The van der Waals surface area contributed by atoms with Crippen molar-refractivity contribution in [2.24, 2.45) is 5.73 Å². The maximum Gasteiger partial charge on any atom is 0.124 e. The van der Waals surface area contributed by atoms with Gasteiger partial charge in [0, 0.05) is 31.2 Å². The van der Waals surface area contributed by atoms with Crippen LogP contribution in [0.3, 0.4) is 0 Å². The fourth-order valence-corrected chi connectivity index (χ4v) is 2.34. The van der Waals surface area contributed by atoms with Gasteiger partial charge in [-0.15, -0.1) is 0 Å². The molecule has 0 amide bonds. The molecule has 0 radical (unpaired) electrons. The smallest absolute Gasteiger partial charge is 0.124 e. The fourth-order valence-electron chi connectivity index (χ4n) is 2.34. The third-order valence-corrected chi connectivity index (χ3v) is 3.57. The largest absolute Gasteiger partial charge is 0.490 e. The van der Waals surface area contributed by atoms with E-state index in [1.54, 1.807) is 6.07 Å². The summed E-state index contributed by atoms with van der Waals surface area (Å²) in [6, 6.07) is 4.93. The number of hydrogen-bond donors (Lipinski definition) is 1. The van der Waals surface area contributed by atoms with E-state index in [0.29, 0.717) is 24.0 Å². The van der Waals surface area contributed by atoms with Crippen molar-refractivity contribution in [2.45, 2.75) is 32.5 Å². The van der Waals surface area contributed by atoms with E-state index < -0.39 is 0 Å². The maximum atomic E-state index is 13.1. The normalized spacial score (nSPS) is 20.4. The molecule has 2 rings (SSSR count). The number of morpholine rings is 1.